The van der Waals surface area contributed by atoms with E-state index in [-0.39, 0.29) is 25.6 Å². The molecule has 8 nitrogen and oxygen atoms in total. The van der Waals surface area contributed by atoms with Crippen LogP contribution < -0.4 is 0 Å². The van der Waals surface area contributed by atoms with Crippen molar-refractivity contribution in [3.63, 3.8) is 0 Å². The number of hydrogen-bond acceptors (Lipinski definition) is 7. The predicted molar refractivity (Wildman–Crippen MR) is 262 cm³/mol. The second-order valence-electron chi connectivity index (χ2n) is 17.5. The van der Waals surface area contributed by atoms with E-state index >= 15 is 0 Å². The first-order chi connectivity index (χ1) is 30.3. The molecule has 0 amide bonds. The number of phosphoric ester groups is 1. The van der Waals surface area contributed by atoms with Crippen molar-refractivity contribution in [3.8, 4) is 0 Å². The van der Waals surface area contributed by atoms with Crippen LogP contribution in [0.4, 0.5) is 0 Å². The van der Waals surface area contributed by atoms with Gasteiger partial charge in [-0.05, 0) is 77.6 Å². The van der Waals surface area contributed by atoms with Crippen LogP contribution in [0.2, 0.25) is 0 Å². The SMILES string of the molecule is CCCCCCC/C=C\C/C=C\CCCCCCCCCCCCCC(=O)OC(COC(=O)CCCCCCCCCCC/C=C\CCCCCCCC)COP(=O)(O)OCC. The zero-order valence-corrected chi connectivity index (χ0v) is 41.7. The van der Waals surface area contributed by atoms with E-state index in [9.17, 15) is 19.0 Å². The lowest BCUT2D eigenvalue weighted by Gasteiger charge is -2.19. The number of unbranched alkanes of at least 4 members (excludes halogenated alkanes) is 31. The van der Waals surface area contributed by atoms with Crippen molar-refractivity contribution in [3.05, 3.63) is 36.5 Å². The summed E-state index contributed by atoms with van der Waals surface area (Å²) in [6.07, 6.45) is 57.8. The molecule has 1 N–H and O–H groups in total. The van der Waals surface area contributed by atoms with E-state index in [1.165, 1.54) is 186 Å². The molecule has 0 heterocycles. The van der Waals surface area contributed by atoms with Crippen LogP contribution in [0.3, 0.4) is 0 Å². The van der Waals surface area contributed by atoms with Crippen LogP contribution in [0.5, 0.6) is 0 Å². The van der Waals surface area contributed by atoms with E-state index in [0.717, 1.165) is 38.5 Å². The van der Waals surface area contributed by atoms with Gasteiger partial charge in [0, 0.05) is 12.8 Å². The third-order valence-electron chi connectivity index (χ3n) is 11.4. The Labute approximate surface area is 383 Å². The fraction of sp³-hybridized carbons (Fsp3) is 0.849. The number of allylic oxidation sites excluding steroid dienone is 6. The van der Waals surface area contributed by atoms with E-state index in [4.69, 9.17) is 18.5 Å². The third-order valence-corrected chi connectivity index (χ3v) is 12.5. The molecule has 9 heteroatoms. The van der Waals surface area contributed by atoms with Gasteiger partial charge in [0.2, 0.25) is 0 Å². The first-order valence-electron chi connectivity index (χ1n) is 26.3. The molecule has 0 spiro atoms. The standard InChI is InChI=1S/C53H99O8P/c1-4-7-9-11-13-15-17-19-21-23-25-26-27-28-30-32-34-36-38-40-42-44-46-48-53(55)61-51(50-60-62(56,57)59-6-3)49-58-52(54)47-45-43-41-39-37-35-33-31-29-24-22-20-18-16-14-12-10-8-5-2/h17,19-20,22-23,25,51H,4-16,18,21,24,26-50H2,1-3H3,(H,56,57)/b19-17-,22-20-,25-23-. The summed E-state index contributed by atoms with van der Waals surface area (Å²) in [7, 11) is -4.29. The molecule has 0 aromatic rings. The lowest BCUT2D eigenvalue weighted by atomic mass is 10.0. The molecule has 364 valence electrons. The van der Waals surface area contributed by atoms with E-state index in [1.54, 1.807) is 6.92 Å². The van der Waals surface area contributed by atoms with Crippen LogP contribution in [0.1, 0.15) is 265 Å². The summed E-state index contributed by atoms with van der Waals surface area (Å²) in [4.78, 5) is 35.0. The second-order valence-corrected chi connectivity index (χ2v) is 19.0. The monoisotopic (exact) mass is 895 g/mol. The number of carbonyl (C=O) groups is 2. The Hall–Kier alpha value is -1.73. The van der Waals surface area contributed by atoms with Gasteiger partial charge in [0.15, 0.2) is 6.10 Å². The van der Waals surface area contributed by atoms with E-state index in [2.05, 4.69) is 50.3 Å². The van der Waals surface area contributed by atoms with Crippen molar-refractivity contribution < 1.29 is 37.6 Å². The van der Waals surface area contributed by atoms with Crippen LogP contribution >= 0.6 is 7.82 Å². The van der Waals surface area contributed by atoms with Crippen molar-refractivity contribution in [2.45, 2.75) is 271 Å². The first-order valence-corrected chi connectivity index (χ1v) is 27.8. The summed E-state index contributed by atoms with van der Waals surface area (Å²) in [5, 5.41) is 0. The van der Waals surface area contributed by atoms with Gasteiger partial charge >= 0.3 is 19.8 Å². The highest BCUT2D eigenvalue weighted by atomic mass is 31.2. The molecule has 0 saturated carbocycles. The minimum atomic E-state index is -4.29. The molecule has 0 aliphatic rings. The van der Waals surface area contributed by atoms with Gasteiger partial charge in [-0.3, -0.25) is 18.6 Å². The smallest absolute Gasteiger partial charge is 0.462 e. The fourth-order valence-corrected chi connectivity index (χ4v) is 8.29. The summed E-state index contributed by atoms with van der Waals surface area (Å²) in [6.45, 7) is 5.50. The molecule has 0 bridgehead atoms. The summed E-state index contributed by atoms with van der Waals surface area (Å²) in [5.41, 5.74) is 0. The summed E-state index contributed by atoms with van der Waals surface area (Å²) >= 11 is 0. The number of carbonyl (C=O) groups excluding carboxylic acids is 2. The van der Waals surface area contributed by atoms with Gasteiger partial charge in [-0.25, -0.2) is 4.57 Å². The van der Waals surface area contributed by atoms with Crippen LogP contribution in [-0.2, 0) is 32.7 Å². The predicted octanol–water partition coefficient (Wildman–Crippen LogP) is 17.1. The van der Waals surface area contributed by atoms with Crippen LogP contribution in [-0.4, -0.2) is 42.8 Å². The molecule has 0 aromatic carbocycles. The van der Waals surface area contributed by atoms with Gasteiger partial charge in [-0.15, -0.1) is 0 Å². The largest absolute Gasteiger partial charge is 0.472 e. The van der Waals surface area contributed by atoms with Gasteiger partial charge in [-0.2, -0.15) is 0 Å². The van der Waals surface area contributed by atoms with E-state index in [1.807, 2.05) is 0 Å². The maximum atomic E-state index is 12.6. The average Bonchev–Trinajstić information content (AvgIpc) is 3.25. The van der Waals surface area contributed by atoms with Crippen molar-refractivity contribution in [2.75, 3.05) is 19.8 Å². The quantitative estimate of drug-likeness (QED) is 0.0278. The Morgan fingerprint density at radius 2 is 0.774 bits per heavy atom. The molecule has 0 rings (SSSR count). The summed E-state index contributed by atoms with van der Waals surface area (Å²) in [5.74, 6) is -0.792. The highest BCUT2D eigenvalue weighted by molar-refractivity contribution is 7.47. The van der Waals surface area contributed by atoms with Crippen LogP contribution in [0.25, 0.3) is 0 Å². The molecular formula is C53H99O8P. The Kier molecular flexibility index (Phi) is 47.4. The topological polar surface area (TPSA) is 108 Å². The molecule has 0 fully saturated rings. The average molecular weight is 895 g/mol. The van der Waals surface area contributed by atoms with Crippen LogP contribution in [0.15, 0.2) is 36.5 Å². The highest BCUT2D eigenvalue weighted by Gasteiger charge is 2.25. The molecule has 0 aromatic heterocycles. The molecule has 0 radical (unpaired) electrons. The minimum absolute atomic E-state index is 0.000461. The lowest BCUT2D eigenvalue weighted by molar-refractivity contribution is -0.161. The Morgan fingerprint density at radius 3 is 1.16 bits per heavy atom. The van der Waals surface area contributed by atoms with Crippen molar-refractivity contribution in [1.82, 2.24) is 0 Å². The van der Waals surface area contributed by atoms with Gasteiger partial charge < -0.3 is 14.4 Å². The zero-order chi connectivity index (χ0) is 45.3. The Balaban J connectivity index is 3.96. The first kappa shape index (κ1) is 60.3. The Bertz CT molecular complexity index is 1110. The second kappa shape index (κ2) is 48.7. The number of hydrogen-bond donors (Lipinski definition) is 1. The number of esters is 2. The fourth-order valence-electron chi connectivity index (χ4n) is 7.54. The van der Waals surface area contributed by atoms with E-state index < -0.39 is 26.5 Å². The van der Waals surface area contributed by atoms with Gasteiger partial charge in [0.25, 0.3) is 0 Å². The molecule has 0 aliphatic heterocycles. The van der Waals surface area contributed by atoms with Gasteiger partial charge in [0.1, 0.15) is 6.61 Å². The maximum absolute atomic E-state index is 12.6. The normalized spacial score (nSPS) is 13.4. The maximum Gasteiger partial charge on any atom is 0.472 e. The van der Waals surface area contributed by atoms with Crippen molar-refractivity contribution in [1.29, 1.82) is 0 Å². The van der Waals surface area contributed by atoms with Crippen LogP contribution in [0, 0.1) is 0 Å². The third kappa shape index (κ3) is 47.7. The summed E-state index contributed by atoms with van der Waals surface area (Å²) < 4.78 is 32.8. The number of rotatable bonds is 49. The Morgan fingerprint density at radius 1 is 0.435 bits per heavy atom. The molecule has 0 aliphatic carbocycles. The van der Waals surface area contributed by atoms with Crippen molar-refractivity contribution in [2.24, 2.45) is 0 Å². The molecule has 0 saturated heterocycles. The summed E-state index contributed by atoms with van der Waals surface area (Å²) in [6, 6.07) is 0. The molecular weight excluding hydrogens is 796 g/mol. The lowest BCUT2D eigenvalue weighted by Crippen LogP contribution is -2.29. The van der Waals surface area contributed by atoms with Gasteiger partial charge in [-0.1, -0.05) is 211 Å². The zero-order valence-electron chi connectivity index (χ0n) is 40.8. The molecule has 62 heavy (non-hydrogen) atoms. The van der Waals surface area contributed by atoms with Crippen molar-refractivity contribution >= 4 is 19.8 Å². The molecule has 2 atom stereocenters. The highest BCUT2D eigenvalue weighted by Crippen LogP contribution is 2.43. The number of ether oxygens (including phenoxy) is 2. The van der Waals surface area contributed by atoms with E-state index in [0.29, 0.717) is 12.8 Å². The number of phosphoric acid groups is 1. The minimum Gasteiger partial charge on any atom is -0.462 e. The van der Waals surface area contributed by atoms with Gasteiger partial charge in [0.05, 0.1) is 13.2 Å². The molecule has 2 unspecified atom stereocenters.